The van der Waals surface area contributed by atoms with Gasteiger partial charge in [0.05, 0.1) is 5.38 Å². The van der Waals surface area contributed by atoms with Crippen LogP contribution >= 0.6 is 23.2 Å². The molecule has 2 bridgehead atoms. The van der Waals surface area contributed by atoms with Crippen molar-refractivity contribution in [2.45, 2.75) is 24.6 Å². The zero-order valence-electron chi connectivity index (χ0n) is 5.69. The topological polar surface area (TPSA) is 0 Å². The Morgan fingerprint density at radius 1 is 1.40 bits per heavy atom. The van der Waals surface area contributed by atoms with Gasteiger partial charge in [-0.15, -0.1) is 11.6 Å². The Bertz CT molecular complexity index is 174. The average molecular weight is 177 g/mol. The van der Waals surface area contributed by atoms with Crippen LogP contribution in [0.1, 0.15) is 19.3 Å². The Labute approximate surface area is 71.2 Å². The van der Waals surface area contributed by atoms with Crippen LogP contribution in [-0.4, -0.2) is 5.38 Å². The summed E-state index contributed by atoms with van der Waals surface area (Å²) in [7, 11) is 0. The first kappa shape index (κ1) is 7.00. The molecule has 0 N–H and O–H groups in total. The van der Waals surface area contributed by atoms with E-state index in [-0.39, 0.29) is 5.38 Å². The summed E-state index contributed by atoms with van der Waals surface area (Å²) < 4.78 is 0. The van der Waals surface area contributed by atoms with Crippen LogP contribution in [0.25, 0.3) is 0 Å². The van der Waals surface area contributed by atoms with Crippen LogP contribution in [0, 0.1) is 11.8 Å². The summed E-state index contributed by atoms with van der Waals surface area (Å²) in [4.78, 5) is 0. The fourth-order valence-electron chi connectivity index (χ4n) is 2.01. The first-order chi connectivity index (χ1) is 4.77. The van der Waals surface area contributed by atoms with E-state index < -0.39 is 0 Å². The van der Waals surface area contributed by atoms with Crippen molar-refractivity contribution in [1.82, 2.24) is 0 Å². The number of hydrogen-bond donors (Lipinski definition) is 0. The van der Waals surface area contributed by atoms with Gasteiger partial charge < -0.3 is 0 Å². The largest absolute Gasteiger partial charge is 0.117 e. The summed E-state index contributed by atoms with van der Waals surface area (Å²) in [5, 5.41) is 1.01. The molecule has 3 atom stereocenters. The van der Waals surface area contributed by atoms with Gasteiger partial charge in [0.25, 0.3) is 0 Å². The third-order valence-electron chi connectivity index (χ3n) is 2.59. The second-order valence-electron chi connectivity index (χ2n) is 3.29. The number of allylic oxidation sites excluding steroid dienone is 2. The maximum absolute atomic E-state index is 6.06. The lowest BCUT2D eigenvalue weighted by molar-refractivity contribution is 0.520. The average Bonchev–Trinajstić information content (AvgIpc) is 2.29. The highest BCUT2D eigenvalue weighted by Gasteiger charge is 2.34. The molecule has 1 saturated carbocycles. The molecular formula is C8H10Cl2. The number of halogens is 2. The van der Waals surface area contributed by atoms with Crippen molar-refractivity contribution in [3.8, 4) is 0 Å². The molecule has 0 spiro atoms. The van der Waals surface area contributed by atoms with E-state index in [4.69, 9.17) is 23.2 Å². The SMILES string of the molecule is ClC1=CC2CCC(C2)C1Cl. The minimum Gasteiger partial charge on any atom is -0.117 e. The normalized spacial score (nSPS) is 45.4. The lowest BCUT2D eigenvalue weighted by Crippen LogP contribution is -2.15. The third-order valence-corrected chi connectivity index (χ3v) is 3.65. The van der Waals surface area contributed by atoms with Gasteiger partial charge in [-0.05, 0) is 31.1 Å². The van der Waals surface area contributed by atoms with Crippen molar-refractivity contribution >= 4 is 23.2 Å². The van der Waals surface area contributed by atoms with Crippen molar-refractivity contribution < 1.29 is 0 Å². The van der Waals surface area contributed by atoms with Gasteiger partial charge >= 0.3 is 0 Å². The molecule has 0 amide bonds. The van der Waals surface area contributed by atoms with Gasteiger partial charge in [-0.25, -0.2) is 0 Å². The molecule has 0 aromatic rings. The van der Waals surface area contributed by atoms with Gasteiger partial charge in [0.2, 0.25) is 0 Å². The highest BCUT2D eigenvalue weighted by Crippen LogP contribution is 2.44. The Kier molecular flexibility index (Phi) is 1.69. The van der Waals surface area contributed by atoms with Crippen molar-refractivity contribution in [1.29, 1.82) is 0 Å². The van der Waals surface area contributed by atoms with Crippen LogP contribution in [-0.2, 0) is 0 Å². The van der Waals surface area contributed by atoms with Crippen molar-refractivity contribution in [3.05, 3.63) is 11.1 Å². The van der Waals surface area contributed by atoms with Crippen LogP contribution in [0.15, 0.2) is 11.1 Å². The van der Waals surface area contributed by atoms with E-state index >= 15 is 0 Å². The Balaban J connectivity index is 2.25. The quantitative estimate of drug-likeness (QED) is 0.498. The predicted molar refractivity (Wildman–Crippen MR) is 44.4 cm³/mol. The van der Waals surface area contributed by atoms with Crippen molar-refractivity contribution in [2.24, 2.45) is 11.8 Å². The molecule has 0 aliphatic heterocycles. The van der Waals surface area contributed by atoms with Gasteiger partial charge in [0, 0.05) is 5.03 Å². The van der Waals surface area contributed by atoms with Crippen LogP contribution < -0.4 is 0 Å². The monoisotopic (exact) mass is 176 g/mol. The predicted octanol–water partition coefficient (Wildman–Crippen LogP) is 3.15. The molecule has 2 aliphatic rings. The van der Waals surface area contributed by atoms with Gasteiger partial charge in [-0.3, -0.25) is 0 Å². The fourth-order valence-corrected chi connectivity index (χ4v) is 2.67. The molecule has 0 nitrogen and oxygen atoms in total. The lowest BCUT2D eigenvalue weighted by atomic mass is 9.95. The summed E-state index contributed by atoms with van der Waals surface area (Å²) in [6.45, 7) is 0. The highest BCUT2D eigenvalue weighted by atomic mass is 35.5. The molecule has 56 valence electrons. The summed E-state index contributed by atoms with van der Waals surface area (Å²) in [5.74, 6) is 1.41. The van der Waals surface area contributed by atoms with E-state index in [1.54, 1.807) is 0 Å². The van der Waals surface area contributed by atoms with Crippen molar-refractivity contribution in [2.75, 3.05) is 0 Å². The van der Waals surface area contributed by atoms with Gasteiger partial charge in [-0.2, -0.15) is 0 Å². The molecule has 2 heteroatoms. The molecule has 0 aromatic carbocycles. The molecule has 2 rings (SSSR count). The number of hydrogen-bond acceptors (Lipinski definition) is 0. The van der Waals surface area contributed by atoms with Crippen LogP contribution in [0.3, 0.4) is 0 Å². The van der Waals surface area contributed by atoms with E-state index in [0.717, 1.165) is 11.0 Å². The summed E-state index contributed by atoms with van der Waals surface area (Å²) in [6, 6.07) is 0. The summed E-state index contributed by atoms with van der Waals surface area (Å²) in [5.41, 5.74) is 0. The number of fused-ring (bicyclic) bond motifs is 2. The third kappa shape index (κ3) is 0.981. The molecule has 0 heterocycles. The van der Waals surface area contributed by atoms with Crippen molar-refractivity contribution in [3.63, 3.8) is 0 Å². The smallest absolute Gasteiger partial charge is 0.0717 e. The Morgan fingerprint density at radius 3 is 3.00 bits per heavy atom. The Hall–Kier alpha value is 0.320. The molecule has 0 aromatic heterocycles. The summed E-state index contributed by atoms with van der Waals surface area (Å²) in [6.07, 6.45) is 5.97. The molecule has 10 heavy (non-hydrogen) atoms. The zero-order valence-corrected chi connectivity index (χ0v) is 7.20. The van der Waals surface area contributed by atoms with Crippen LogP contribution in [0.4, 0.5) is 0 Å². The van der Waals surface area contributed by atoms with E-state index in [0.29, 0.717) is 5.92 Å². The maximum Gasteiger partial charge on any atom is 0.0717 e. The van der Waals surface area contributed by atoms with Gasteiger partial charge in [0.15, 0.2) is 0 Å². The molecule has 0 radical (unpaired) electrons. The van der Waals surface area contributed by atoms with E-state index in [2.05, 4.69) is 6.08 Å². The molecule has 1 fully saturated rings. The standard InChI is InChI=1S/C8H10Cl2/c9-7-4-5-1-2-6(3-5)8(7)10/h4-6,8H,1-3H2. The minimum absolute atomic E-state index is 0.125. The molecule has 0 saturated heterocycles. The molecular weight excluding hydrogens is 167 g/mol. The number of rotatable bonds is 0. The molecule has 3 unspecified atom stereocenters. The van der Waals surface area contributed by atoms with E-state index in [1.165, 1.54) is 19.3 Å². The zero-order chi connectivity index (χ0) is 7.14. The summed E-state index contributed by atoms with van der Waals surface area (Å²) >= 11 is 12.0. The van der Waals surface area contributed by atoms with Gasteiger partial charge in [0.1, 0.15) is 0 Å². The Morgan fingerprint density at radius 2 is 2.20 bits per heavy atom. The van der Waals surface area contributed by atoms with E-state index in [1.807, 2.05) is 0 Å². The van der Waals surface area contributed by atoms with Gasteiger partial charge in [-0.1, -0.05) is 17.7 Å². The first-order valence-electron chi connectivity index (χ1n) is 3.78. The maximum atomic E-state index is 6.06. The minimum atomic E-state index is 0.125. The highest BCUT2D eigenvalue weighted by molar-refractivity contribution is 6.37. The second-order valence-corrected chi connectivity index (χ2v) is 4.19. The van der Waals surface area contributed by atoms with Crippen LogP contribution in [0.2, 0.25) is 0 Å². The lowest BCUT2D eigenvalue weighted by Gasteiger charge is -2.20. The van der Waals surface area contributed by atoms with E-state index in [9.17, 15) is 0 Å². The fraction of sp³-hybridized carbons (Fsp3) is 0.750. The second kappa shape index (κ2) is 2.42. The first-order valence-corrected chi connectivity index (χ1v) is 4.60. The molecule has 2 aliphatic carbocycles. The van der Waals surface area contributed by atoms with Crippen LogP contribution in [0.5, 0.6) is 0 Å². The number of alkyl halides is 1.